The van der Waals surface area contributed by atoms with E-state index in [1.807, 2.05) is 18.7 Å². The Labute approximate surface area is 189 Å². The maximum atomic E-state index is 13.3. The SMILES string of the molecule is CCCCC1=CC(O[C@@H]2CCN(c3ccc(C(F)(F)F)cn3)C[C@@H]2C)=CC(C(F)(F)F)=NC1. The maximum absolute atomic E-state index is 13.3. The van der Waals surface area contributed by atoms with Gasteiger partial charge in [0.1, 0.15) is 23.4 Å². The Morgan fingerprint density at radius 3 is 2.42 bits per heavy atom. The highest BCUT2D eigenvalue weighted by atomic mass is 19.4. The monoisotopic (exact) mass is 475 g/mol. The number of aliphatic imine (C=N–C) groups is 1. The first-order chi connectivity index (χ1) is 15.5. The van der Waals surface area contributed by atoms with Gasteiger partial charge in [-0.3, -0.25) is 4.99 Å². The number of rotatable bonds is 6. The molecule has 0 radical (unpaired) electrons. The van der Waals surface area contributed by atoms with Crippen LogP contribution in [0.5, 0.6) is 0 Å². The summed E-state index contributed by atoms with van der Waals surface area (Å²) in [5, 5.41) is 0. The van der Waals surface area contributed by atoms with Gasteiger partial charge in [0.2, 0.25) is 0 Å². The van der Waals surface area contributed by atoms with E-state index in [9.17, 15) is 26.3 Å². The van der Waals surface area contributed by atoms with Gasteiger partial charge in [-0.25, -0.2) is 4.98 Å². The maximum Gasteiger partial charge on any atom is 0.433 e. The number of hydrogen-bond donors (Lipinski definition) is 0. The first kappa shape index (κ1) is 25.1. The molecule has 4 nitrogen and oxygen atoms in total. The smallest absolute Gasteiger partial charge is 0.433 e. The fourth-order valence-electron chi connectivity index (χ4n) is 3.87. The van der Waals surface area contributed by atoms with Gasteiger partial charge >= 0.3 is 12.4 Å². The third-order valence-electron chi connectivity index (χ3n) is 5.73. The Morgan fingerprint density at radius 2 is 1.85 bits per heavy atom. The van der Waals surface area contributed by atoms with E-state index in [0.29, 0.717) is 31.7 Å². The lowest BCUT2D eigenvalue weighted by atomic mass is 9.96. The number of unbranched alkanes of at least 4 members (excludes halogenated alkanes) is 1. The Morgan fingerprint density at radius 1 is 1.09 bits per heavy atom. The molecular formula is C23H27F6N3O. The normalized spacial score (nSPS) is 22.3. The van der Waals surface area contributed by atoms with Gasteiger partial charge in [0.05, 0.1) is 12.1 Å². The molecule has 2 aliphatic heterocycles. The predicted octanol–water partition coefficient (Wildman–Crippen LogP) is 6.35. The number of ether oxygens (including phenoxy) is 1. The van der Waals surface area contributed by atoms with Crippen molar-refractivity contribution >= 4 is 11.5 Å². The Balaban J connectivity index is 1.70. The molecule has 33 heavy (non-hydrogen) atoms. The topological polar surface area (TPSA) is 37.7 Å². The summed E-state index contributed by atoms with van der Waals surface area (Å²) >= 11 is 0. The number of nitrogens with zero attached hydrogens (tertiary/aromatic N) is 3. The highest BCUT2D eigenvalue weighted by Gasteiger charge is 2.36. The molecule has 182 valence electrons. The van der Waals surface area contributed by atoms with E-state index in [1.165, 1.54) is 6.07 Å². The molecule has 0 spiro atoms. The molecule has 0 unspecified atom stereocenters. The first-order valence-electron chi connectivity index (χ1n) is 10.9. The van der Waals surface area contributed by atoms with Crippen LogP contribution in [0.15, 0.2) is 46.8 Å². The van der Waals surface area contributed by atoms with Gasteiger partial charge in [0.25, 0.3) is 0 Å². The summed E-state index contributed by atoms with van der Waals surface area (Å²) in [5.74, 6) is 0.494. The molecule has 1 fully saturated rings. The van der Waals surface area contributed by atoms with Crippen molar-refractivity contribution in [3.05, 3.63) is 47.4 Å². The van der Waals surface area contributed by atoms with Crippen LogP contribution in [0.25, 0.3) is 0 Å². The van der Waals surface area contributed by atoms with Gasteiger partial charge in [0.15, 0.2) is 0 Å². The fraction of sp³-hybridized carbons (Fsp3) is 0.565. The average Bonchev–Trinajstić information content (AvgIpc) is 2.95. The number of halogens is 6. The Kier molecular flexibility index (Phi) is 7.74. The van der Waals surface area contributed by atoms with Crippen molar-refractivity contribution in [3.63, 3.8) is 0 Å². The minimum Gasteiger partial charge on any atom is -0.490 e. The number of piperidine rings is 1. The number of aromatic nitrogens is 1. The summed E-state index contributed by atoms with van der Waals surface area (Å²) in [7, 11) is 0. The quantitative estimate of drug-likeness (QED) is 0.450. The molecule has 0 amide bonds. The number of pyridine rings is 1. The van der Waals surface area contributed by atoms with Crippen LogP contribution >= 0.6 is 0 Å². The molecular weight excluding hydrogens is 448 g/mol. The van der Waals surface area contributed by atoms with E-state index >= 15 is 0 Å². The highest BCUT2D eigenvalue weighted by Crippen LogP contribution is 2.32. The summed E-state index contributed by atoms with van der Waals surface area (Å²) in [6.07, 6.45) is -3.01. The van der Waals surface area contributed by atoms with Crippen LogP contribution in [0.2, 0.25) is 0 Å². The molecule has 0 N–H and O–H groups in total. The van der Waals surface area contributed by atoms with E-state index in [4.69, 9.17) is 4.74 Å². The standard InChI is InChI=1S/C23H27F6N3O/c1-3-4-5-16-10-18(11-20(30-12-16)23(27,28)29)33-19-8-9-32(14-15(19)2)21-7-6-17(13-31-21)22(24,25)26/h6-7,10-11,13,15,19H,3-5,8-9,12,14H2,1-2H3/t15-,19+/m0/s1. The van der Waals surface area contributed by atoms with Crippen LogP contribution in [0.3, 0.4) is 0 Å². The zero-order valence-electron chi connectivity index (χ0n) is 18.5. The minimum atomic E-state index is -4.56. The molecule has 3 heterocycles. The lowest BCUT2D eigenvalue weighted by Crippen LogP contribution is -2.43. The molecule has 2 atom stereocenters. The van der Waals surface area contributed by atoms with Crippen molar-refractivity contribution in [1.82, 2.24) is 4.98 Å². The van der Waals surface area contributed by atoms with Crippen molar-refractivity contribution in [2.75, 3.05) is 24.5 Å². The summed E-state index contributed by atoms with van der Waals surface area (Å²) < 4.78 is 84.3. The number of alkyl halides is 6. The number of allylic oxidation sites excluding steroid dienone is 2. The molecule has 10 heteroatoms. The van der Waals surface area contributed by atoms with Crippen molar-refractivity contribution in [1.29, 1.82) is 0 Å². The van der Waals surface area contributed by atoms with Gasteiger partial charge in [-0.1, -0.05) is 20.3 Å². The highest BCUT2D eigenvalue weighted by molar-refractivity contribution is 6.00. The second-order valence-electron chi connectivity index (χ2n) is 8.42. The van der Waals surface area contributed by atoms with Crippen LogP contribution in [0, 0.1) is 5.92 Å². The number of hydrogen-bond acceptors (Lipinski definition) is 4. The Bertz CT molecular complexity index is 902. The third-order valence-corrected chi connectivity index (χ3v) is 5.73. The second-order valence-corrected chi connectivity index (χ2v) is 8.42. The molecule has 1 aromatic rings. The van der Waals surface area contributed by atoms with Crippen LogP contribution in [0.4, 0.5) is 32.2 Å². The molecule has 0 aliphatic carbocycles. The second kappa shape index (κ2) is 10.2. The Hall–Kier alpha value is -2.52. The van der Waals surface area contributed by atoms with Gasteiger partial charge < -0.3 is 9.64 Å². The average molecular weight is 475 g/mol. The molecule has 0 aromatic carbocycles. The molecule has 1 saturated heterocycles. The van der Waals surface area contributed by atoms with Crippen LogP contribution < -0.4 is 4.90 Å². The summed E-state index contributed by atoms with van der Waals surface area (Å²) in [5.41, 5.74) is -0.980. The van der Waals surface area contributed by atoms with Gasteiger partial charge in [-0.2, -0.15) is 26.3 Å². The predicted molar refractivity (Wildman–Crippen MR) is 114 cm³/mol. The zero-order chi connectivity index (χ0) is 24.2. The van der Waals surface area contributed by atoms with Crippen molar-refractivity contribution in [2.45, 2.75) is 58.0 Å². The van der Waals surface area contributed by atoms with Crippen molar-refractivity contribution in [2.24, 2.45) is 10.9 Å². The summed E-state index contributed by atoms with van der Waals surface area (Å²) in [6.45, 7) is 4.83. The van der Waals surface area contributed by atoms with Crippen LogP contribution in [-0.2, 0) is 10.9 Å². The van der Waals surface area contributed by atoms with Crippen LogP contribution in [0.1, 0.15) is 45.1 Å². The van der Waals surface area contributed by atoms with E-state index < -0.39 is 23.6 Å². The summed E-state index contributed by atoms with van der Waals surface area (Å²) in [6, 6.07) is 2.33. The minimum absolute atomic E-state index is 0.00814. The van der Waals surface area contributed by atoms with Crippen LogP contribution in [-0.4, -0.2) is 42.6 Å². The zero-order valence-corrected chi connectivity index (χ0v) is 18.5. The fourth-order valence-corrected chi connectivity index (χ4v) is 3.87. The lowest BCUT2D eigenvalue weighted by molar-refractivity contribution is -0.137. The molecule has 3 rings (SSSR count). The number of anilines is 1. The van der Waals surface area contributed by atoms with E-state index in [2.05, 4.69) is 9.98 Å². The molecule has 1 aromatic heterocycles. The molecule has 0 bridgehead atoms. The summed E-state index contributed by atoms with van der Waals surface area (Å²) in [4.78, 5) is 9.53. The van der Waals surface area contributed by atoms with Crippen molar-refractivity contribution in [3.8, 4) is 0 Å². The molecule has 0 saturated carbocycles. The third kappa shape index (κ3) is 6.74. The first-order valence-corrected chi connectivity index (χ1v) is 10.9. The van der Waals surface area contributed by atoms with E-state index in [-0.39, 0.29) is 24.3 Å². The van der Waals surface area contributed by atoms with Gasteiger partial charge in [-0.05, 0) is 36.6 Å². The van der Waals surface area contributed by atoms with Gasteiger partial charge in [0, 0.05) is 37.7 Å². The lowest BCUT2D eigenvalue weighted by Gasteiger charge is -2.37. The largest absolute Gasteiger partial charge is 0.490 e. The van der Waals surface area contributed by atoms with Gasteiger partial charge in [-0.15, -0.1) is 0 Å². The van der Waals surface area contributed by atoms with E-state index in [1.54, 1.807) is 6.08 Å². The van der Waals surface area contributed by atoms with Crippen molar-refractivity contribution < 1.29 is 31.1 Å². The van der Waals surface area contributed by atoms with E-state index in [0.717, 1.165) is 36.8 Å². The molecule has 2 aliphatic rings.